The molecular weight excluding hydrogens is 190 g/mol. The number of carbonyl (C=O) groups is 3. The summed E-state index contributed by atoms with van der Waals surface area (Å²) in [5.41, 5.74) is 0. The highest BCUT2D eigenvalue weighted by Crippen LogP contribution is 2.10. The first kappa shape index (κ1) is 12.6. The number of Topliss-reactive ketones (excluding diaryl/α,β-unsaturated/α-hetero) is 1. The standard InChI is InChI=1S/C8H13NO5/c1-4(10)3-5(7(11)12)6(9-2)8(13)14/h5-6,9H,3H2,1-2H3,(H,11,12)(H,13,14). The fraction of sp³-hybridized carbons (Fsp3) is 0.625. The number of carboxylic acid groups (broad SMARTS) is 2. The van der Waals surface area contributed by atoms with E-state index in [9.17, 15) is 14.4 Å². The van der Waals surface area contributed by atoms with Crippen molar-refractivity contribution in [1.82, 2.24) is 5.32 Å². The zero-order chi connectivity index (χ0) is 11.3. The molecule has 0 aromatic heterocycles. The third-order valence-corrected chi connectivity index (χ3v) is 1.80. The Labute approximate surface area is 80.9 Å². The van der Waals surface area contributed by atoms with Crippen LogP contribution in [0.3, 0.4) is 0 Å². The van der Waals surface area contributed by atoms with Gasteiger partial charge in [0.25, 0.3) is 0 Å². The number of rotatable bonds is 6. The molecule has 6 heteroatoms. The summed E-state index contributed by atoms with van der Waals surface area (Å²) < 4.78 is 0. The van der Waals surface area contributed by atoms with Crippen LogP contribution in [0.25, 0.3) is 0 Å². The number of aliphatic carboxylic acids is 2. The first-order chi connectivity index (χ1) is 6.40. The Kier molecular flexibility index (Phi) is 4.79. The second kappa shape index (κ2) is 5.33. The monoisotopic (exact) mass is 203 g/mol. The predicted octanol–water partition coefficient (Wildman–Crippen LogP) is -0.661. The molecule has 3 N–H and O–H groups in total. The minimum Gasteiger partial charge on any atom is -0.481 e. The van der Waals surface area contributed by atoms with E-state index < -0.39 is 23.9 Å². The lowest BCUT2D eigenvalue weighted by molar-refractivity contribution is -0.151. The smallest absolute Gasteiger partial charge is 0.321 e. The van der Waals surface area contributed by atoms with Crippen molar-refractivity contribution in [3.63, 3.8) is 0 Å². The van der Waals surface area contributed by atoms with Crippen LogP contribution in [0, 0.1) is 5.92 Å². The molecule has 0 aliphatic carbocycles. The van der Waals surface area contributed by atoms with Crippen molar-refractivity contribution >= 4 is 17.7 Å². The Balaban J connectivity index is 4.69. The maximum Gasteiger partial charge on any atom is 0.321 e. The average Bonchev–Trinajstić information content (AvgIpc) is 2.02. The molecular formula is C8H13NO5. The molecule has 0 rings (SSSR count). The van der Waals surface area contributed by atoms with E-state index >= 15 is 0 Å². The first-order valence-electron chi connectivity index (χ1n) is 4.02. The molecule has 0 fully saturated rings. The van der Waals surface area contributed by atoms with E-state index in [1.807, 2.05) is 0 Å². The van der Waals surface area contributed by atoms with Crippen LogP contribution in [0.5, 0.6) is 0 Å². The van der Waals surface area contributed by atoms with E-state index in [0.717, 1.165) is 0 Å². The van der Waals surface area contributed by atoms with Gasteiger partial charge in [-0.1, -0.05) is 0 Å². The van der Waals surface area contributed by atoms with Gasteiger partial charge in [-0.2, -0.15) is 0 Å². The van der Waals surface area contributed by atoms with Crippen LogP contribution in [0.2, 0.25) is 0 Å². The molecule has 0 aromatic carbocycles. The summed E-state index contributed by atoms with van der Waals surface area (Å²) in [4.78, 5) is 32.0. The topological polar surface area (TPSA) is 104 Å². The molecule has 0 aliphatic heterocycles. The summed E-state index contributed by atoms with van der Waals surface area (Å²) in [7, 11) is 1.34. The van der Waals surface area contributed by atoms with Gasteiger partial charge < -0.3 is 20.3 Å². The molecule has 14 heavy (non-hydrogen) atoms. The number of hydrogen-bond acceptors (Lipinski definition) is 4. The van der Waals surface area contributed by atoms with Gasteiger partial charge in [-0.3, -0.25) is 9.59 Å². The highest BCUT2D eigenvalue weighted by molar-refractivity contribution is 5.87. The van der Waals surface area contributed by atoms with Gasteiger partial charge >= 0.3 is 11.9 Å². The maximum absolute atomic E-state index is 10.7. The van der Waals surface area contributed by atoms with Crippen molar-refractivity contribution in [1.29, 1.82) is 0 Å². The molecule has 80 valence electrons. The largest absolute Gasteiger partial charge is 0.481 e. The Bertz CT molecular complexity index is 250. The third-order valence-electron chi connectivity index (χ3n) is 1.80. The molecule has 0 spiro atoms. The first-order valence-corrected chi connectivity index (χ1v) is 4.02. The highest BCUT2D eigenvalue weighted by atomic mass is 16.4. The van der Waals surface area contributed by atoms with Crippen molar-refractivity contribution < 1.29 is 24.6 Å². The summed E-state index contributed by atoms with van der Waals surface area (Å²) in [6, 6.07) is -1.24. The zero-order valence-electron chi connectivity index (χ0n) is 7.98. The SMILES string of the molecule is CNC(C(=O)O)C(CC(C)=O)C(=O)O. The van der Waals surface area contributed by atoms with Gasteiger partial charge in [0.2, 0.25) is 0 Å². The number of likely N-dealkylation sites (N-methyl/N-ethyl adjacent to an activating group) is 1. The second-order valence-corrected chi connectivity index (χ2v) is 2.96. The fourth-order valence-electron chi connectivity index (χ4n) is 1.15. The van der Waals surface area contributed by atoms with E-state index in [0.29, 0.717) is 0 Å². The molecule has 0 amide bonds. The molecule has 0 aliphatic rings. The molecule has 0 saturated carbocycles. The molecule has 0 aromatic rings. The normalized spacial score (nSPS) is 14.4. The lowest BCUT2D eigenvalue weighted by atomic mass is 9.94. The summed E-state index contributed by atoms with van der Waals surface area (Å²) >= 11 is 0. The third kappa shape index (κ3) is 3.53. The highest BCUT2D eigenvalue weighted by Gasteiger charge is 2.33. The van der Waals surface area contributed by atoms with Crippen molar-refractivity contribution in [3.05, 3.63) is 0 Å². The Morgan fingerprint density at radius 1 is 1.21 bits per heavy atom. The number of hydrogen-bond donors (Lipinski definition) is 3. The van der Waals surface area contributed by atoms with Gasteiger partial charge in [0.1, 0.15) is 11.8 Å². The summed E-state index contributed by atoms with van der Waals surface area (Å²) in [6.45, 7) is 1.23. The minimum absolute atomic E-state index is 0.285. The summed E-state index contributed by atoms with van der Waals surface area (Å²) in [5.74, 6) is -4.14. The number of nitrogens with one attached hydrogen (secondary N) is 1. The Morgan fingerprint density at radius 2 is 1.71 bits per heavy atom. The van der Waals surface area contributed by atoms with Crippen LogP contribution >= 0.6 is 0 Å². The molecule has 0 radical (unpaired) electrons. The zero-order valence-corrected chi connectivity index (χ0v) is 7.98. The van der Waals surface area contributed by atoms with Gasteiger partial charge in [-0.05, 0) is 14.0 Å². The minimum atomic E-state index is -1.29. The van der Waals surface area contributed by atoms with Crippen LogP contribution < -0.4 is 5.32 Å². The quantitative estimate of drug-likeness (QED) is 0.529. The summed E-state index contributed by atoms with van der Waals surface area (Å²) in [6.07, 6.45) is -0.285. The van der Waals surface area contributed by atoms with Gasteiger partial charge in [0.15, 0.2) is 0 Å². The van der Waals surface area contributed by atoms with Gasteiger partial charge in [0, 0.05) is 6.42 Å². The van der Waals surface area contributed by atoms with Crippen molar-refractivity contribution in [2.75, 3.05) is 7.05 Å². The number of carboxylic acids is 2. The van der Waals surface area contributed by atoms with E-state index in [2.05, 4.69) is 5.32 Å². The van der Waals surface area contributed by atoms with Crippen LogP contribution in [0.15, 0.2) is 0 Å². The lowest BCUT2D eigenvalue weighted by Gasteiger charge is -2.18. The van der Waals surface area contributed by atoms with Gasteiger partial charge in [-0.25, -0.2) is 0 Å². The lowest BCUT2D eigenvalue weighted by Crippen LogP contribution is -2.44. The Hall–Kier alpha value is -1.43. The van der Waals surface area contributed by atoms with Crippen LogP contribution in [-0.2, 0) is 14.4 Å². The van der Waals surface area contributed by atoms with Gasteiger partial charge in [-0.15, -0.1) is 0 Å². The average molecular weight is 203 g/mol. The van der Waals surface area contributed by atoms with E-state index in [4.69, 9.17) is 10.2 Å². The predicted molar refractivity (Wildman–Crippen MR) is 46.9 cm³/mol. The Morgan fingerprint density at radius 3 is 1.93 bits per heavy atom. The van der Waals surface area contributed by atoms with Crippen molar-refractivity contribution in [3.8, 4) is 0 Å². The fourth-order valence-corrected chi connectivity index (χ4v) is 1.15. The molecule has 0 saturated heterocycles. The van der Waals surface area contributed by atoms with Crippen molar-refractivity contribution in [2.24, 2.45) is 5.92 Å². The molecule has 0 bridgehead atoms. The molecule has 2 atom stereocenters. The summed E-state index contributed by atoms with van der Waals surface area (Å²) in [5, 5.41) is 19.7. The molecule has 6 nitrogen and oxygen atoms in total. The van der Waals surface area contributed by atoms with E-state index in [1.165, 1.54) is 14.0 Å². The van der Waals surface area contributed by atoms with Crippen LogP contribution in [-0.4, -0.2) is 41.0 Å². The maximum atomic E-state index is 10.7. The molecule has 0 heterocycles. The second-order valence-electron chi connectivity index (χ2n) is 2.96. The van der Waals surface area contributed by atoms with Crippen molar-refractivity contribution in [2.45, 2.75) is 19.4 Å². The van der Waals surface area contributed by atoms with E-state index in [-0.39, 0.29) is 12.2 Å². The number of carbonyl (C=O) groups excluding carboxylic acids is 1. The van der Waals surface area contributed by atoms with Crippen LogP contribution in [0.1, 0.15) is 13.3 Å². The number of ketones is 1. The van der Waals surface area contributed by atoms with Gasteiger partial charge in [0.05, 0.1) is 5.92 Å². The van der Waals surface area contributed by atoms with E-state index in [1.54, 1.807) is 0 Å². The molecule has 2 unspecified atom stereocenters. The van der Waals surface area contributed by atoms with Crippen LogP contribution in [0.4, 0.5) is 0 Å².